The zero-order chi connectivity index (χ0) is 17.5. The number of ether oxygens (including phenoxy) is 1. The minimum absolute atomic E-state index is 0.0553. The van der Waals surface area contributed by atoms with Crippen molar-refractivity contribution in [3.05, 3.63) is 59.7 Å². The molecule has 24 heavy (non-hydrogen) atoms. The van der Waals surface area contributed by atoms with E-state index in [-0.39, 0.29) is 11.9 Å². The van der Waals surface area contributed by atoms with Gasteiger partial charge in [-0.2, -0.15) is 0 Å². The Morgan fingerprint density at radius 2 is 1.83 bits per heavy atom. The zero-order valence-corrected chi connectivity index (χ0v) is 14.8. The first-order chi connectivity index (χ1) is 11.5. The van der Waals surface area contributed by atoms with E-state index in [2.05, 4.69) is 24.5 Å². The Kier molecular flexibility index (Phi) is 6.38. The molecular weight excluding hydrogens is 300 g/mol. The zero-order valence-electron chi connectivity index (χ0n) is 14.8. The second-order valence-corrected chi connectivity index (χ2v) is 6.23. The molecule has 0 saturated carbocycles. The van der Waals surface area contributed by atoms with Crippen LogP contribution in [0.4, 0.5) is 11.4 Å². The lowest BCUT2D eigenvalue weighted by molar-refractivity contribution is -0.116. The Morgan fingerprint density at radius 3 is 2.54 bits per heavy atom. The summed E-state index contributed by atoms with van der Waals surface area (Å²) in [5, 5.41) is 6.27. The summed E-state index contributed by atoms with van der Waals surface area (Å²) in [6.45, 7) is 6.65. The molecule has 0 aromatic heterocycles. The van der Waals surface area contributed by atoms with E-state index in [1.165, 1.54) is 0 Å². The summed E-state index contributed by atoms with van der Waals surface area (Å²) in [6, 6.07) is 15.5. The van der Waals surface area contributed by atoms with E-state index in [9.17, 15) is 4.79 Å². The van der Waals surface area contributed by atoms with Crippen LogP contribution in [-0.2, 0) is 16.1 Å². The minimum atomic E-state index is -0.344. The number of amides is 1. The second-order valence-electron chi connectivity index (χ2n) is 6.23. The number of hydrogen-bond donors (Lipinski definition) is 2. The van der Waals surface area contributed by atoms with Crippen molar-refractivity contribution in [1.82, 2.24) is 0 Å². The molecular formula is C20H26N2O2. The van der Waals surface area contributed by atoms with Crippen molar-refractivity contribution in [2.75, 3.05) is 17.7 Å². The van der Waals surface area contributed by atoms with Crippen LogP contribution in [0.2, 0.25) is 0 Å². The Bertz CT molecular complexity index is 683. The predicted molar refractivity (Wildman–Crippen MR) is 99.4 cm³/mol. The van der Waals surface area contributed by atoms with Crippen LogP contribution in [0.15, 0.2) is 48.5 Å². The van der Waals surface area contributed by atoms with Crippen LogP contribution in [0.3, 0.4) is 0 Å². The van der Waals surface area contributed by atoms with Crippen molar-refractivity contribution in [1.29, 1.82) is 0 Å². The summed E-state index contributed by atoms with van der Waals surface area (Å²) in [4.78, 5) is 12.5. The average Bonchev–Trinajstić information content (AvgIpc) is 2.55. The highest BCUT2D eigenvalue weighted by atomic mass is 16.5. The van der Waals surface area contributed by atoms with Crippen LogP contribution in [0.1, 0.15) is 37.8 Å². The molecule has 4 nitrogen and oxygen atoms in total. The predicted octanol–water partition coefficient (Wildman–Crippen LogP) is 4.40. The van der Waals surface area contributed by atoms with Crippen LogP contribution in [-0.4, -0.2) is 19.1 Å². The largest absolute Gasteiger partial charge is 0.380 e. The van der Waals surface area contributed by atoms with Gasteiger partial charge in [-0.1, -0.05) is 44.2 Å². The first-order valence-electron chi connectivity index (χ1n) is 8.25. The summed E-state index contributed by atoms with van der Waals surface area (Å²) in [7, 11) is 1.67. The Balaban J connectivity index is 2.04. The number of hydrogen-bond acceptors (Lipinski definition) is 3. The molecule has 2 rings (SSSR count). The van der Waals surface area contributed by atoms with E-state index >= 15 is 0 Å². The normalized spacial score (nSPS) is 12.0. The number of para-hydroxylation sites is 1. The third kappa shape index (κ3) is 4.83. The molecule has 1 amide bonds. The van der Waals surface area contributed by atoms with Gasteiger partial charge < -0.3 is 15.4 Å². The van der Waals surface area contributed by atoms with Gasteiger partial charge >= 0.3 is 0 Å². The molecule has 128 valence electrons. The van der Waals surface area contributed by atoms with Gasteiger partial charge in [-0.25, -0.2) is 0 Å². The smallest absolute Gasteiger partial charge is 0.246 e. The van der Waals surface area contributed by atoms with Crippen LogP contribution < -0.4 is 10.6 Å². The molecule has 0 heterocycles. The van der Waals surface area contributed by atoms with E-state index in [0.29, 0.717) is 12.5 Å². The van der Waals surface area contributed by atoms with Gasteiger partial charge in [0, 0.05) is 18.5 Å². The molecule has 0 aliphatic rings. The van der Waals surface area contributed by atoms with Gasteiger partial charge in [-0.15, -0.1) is 0 Å². The van der Waals surface area contributed by atoms with Crippen molar-refractivity contribution in [3.8, 4) is 0 Å². The van der Waals surface area contributed by atoms with Gasteiger partial charge in [0.25, 0.3) is 0 Å². The van der Waals surface area contributed by atoms with Crippen molar-refractivity contribution in [3.63, 3.8) is 0 Å². The Morgan fingerprint density at radius 1 is 1.08 bits per heavy atom. The van der Waals surface area contributed by atoms with Crippen molar-refractivity contribution >= 4 is 17.3 Å². The maximum Gasteiger partial charge on any atom is 0.246 e. The second kappa shape index (κ2) is 8.50. The van der Waals surface area contributed by atoms with Gasteiger partial charge in [0.2, 0.25) is 5.91 Å². The number of benzene rings is 2. The van der Waals surface area contributed by atoms with Crippen molar-refractivity contribution in [2.45, 2.75) is 39.3 Å². The summed E-state index contributed by atoms with van der Waals surface area (Å²) >= 11 is 0. The average molecular weight is 326 g/mol. The number of nitrogens with one attached hydrogen (secondary N) is 2. The van der Waals surface area contributed by atoms with Crippen LogP contribution >= 0.6 is 0 Å². The molecule has 2 aromatic carbocycles. The van der Waals surface area contributed by atoms with E-state index < -0.39 is 0 Å². The lowest BCUT2D eigenvalue weighted by atomic mass is 10.0. The SMILES string of the molecule is COCc1cccc(N[C@@H](C)C(=O)Nc2ccccc2C(C)C)c1. The molecule has 2 N–H and O–H groups in total. The Hall–Kier alpha value is -2.33. The quantitative estimate of drug-likeness (QED) is 0.793. The molecule has 1 atom stereocenters. The fourth-order valence-corrected chi connectivity index (χ4v) is 2.59. The van der Waals surface area contributed by atoms with E-state index in [4.69, 9.17) is 4.74 Å². The highest BCUT2D eigenvalue weighted by Crippen LogP contribution is 2.24. The molecule has 0 unspecified atom stereocenters. The third-order valence-electron chi connectivity index (χ3n) is 3.86. The number of carbonyl (C=O) groups is 1. The molecule has 0 aliphatic heterocycles. The van der Waals surface area contributed by atoms with E-state index in [0.717, 1.165) is 22.5 Å². The van der Waals surface area contributed by atoms with Crippen LogP contribution in [0.5, 0.6) is 0 Å². The monoisotopic (exact) mass is 326 g/mol. The Labute approximate surface area is 144 Å². The maximum atomic E-state index is 12.5. The summed E-state index contributed by atoms with van der Waals surface area (Å²) in [5.41, 5.74) is 3.99. The number of methoxy groups -OCH3 is 1. The van der Waals surface area contributed by atoms with Gasteiger partial charge in [0.1, 0.15) is 6.04 Å². The molecule has 2 aromatic rings. The van der Waals surface area contributed by atoms with E-state index in [1.54, 1.807) is 7.11 Å². The van der Waals surface area contributed by atoms with Crippen LogP contribution in [0.25, 0.3) is 0 Å². The highest BCUT2D eigenvalue weighted by molar-refractivity contribution is 5.96. The highest BCUT2D eigenvalue weighted by Gasteiger charge is 2.15. The summed E-state index contributed by atoms with van der Waals surface area (Å²) in [5.74, 6) is 0.302. The third-order valence-corrected chi connectivity index (χ3v) is 3.86. The van der Waals surface area contributed by atoms with Gasteiger partial charge in [-0.05, 0) is 42.2 Å². The molecule has 0 fully saturated rings. The topological polar surface area (TPSA) is 50.4 Å². The fourth-order valence-electron chi connectivity index (χ4n) is 2.59. The lowest BCUT2D eigenvalue weighted by Crippen LogP contribution is -2.32. The van der Waals surface area contributed by atoms with E-state index in [1.807, 2.05) is 55.5 Å². The van der Waals surface area contributed by atoms with Gasteiger partial charge in [-0.3, -0.25) is 4.79 Å². The first kappa shape index (κ1) is 18.0. The fraction of sp³-hybridized carbons (Fsp3) is 0.350. The standard InChI is InChI=1S/C20H26N2O2/c1-14(2)18-10-5-6-11-19(18)22-20(23)15(3)21-17-9-7-8-16(12-17)13-24-4/h5-12,14-15,21H,13H2,1-4H3,(H,22,23)/t15-/m0/s1. The van der Waals surface area contributed by atoms with Crippen molar-refractivity contribution < 1.29 is 9.53 Å². The molecule has 0 spiro atoms. The van der Waals surface area contributed by atoms with Gasteiger partial charge in [0.05, 0.1) is 6.61 Å². The molecule has 0 bridgehead atoms. The van der Waals surface area contributed by atoms with Crippen molar-refractivity contribution in [2.24, 2.45) is 0 Å². The number of carbonyl (C=O) groups excluding carboxylic acids is 1. The summed E-state index contributed by atoms with van der Waals surface area (Å²) < 4.78 is 5.14. The molecule has 0 saturated heterocycles. The minimum Gasteiger partial charge on any atom is -0.380 e. The lowest BCUT2D eigenvalue weighted by Gasteiger charge is -2.18. The molecule has 0 aliphatic carbocycles. The maximum absolute atomic E-state index is 12.5. The van der Waals surface area contributed by atoms with Crippen LogP contribution in [0, 0.1) is 0 Å². The van der Waals surface area contributed by atoms with Gasteiger partial charge in [0.15, 0.2) is 0 Å². The first-order valence-corrected chi connectivity index (χ1v) is 8.25. The number of anilines is 2. The number of rotatable bonds is 7. The summed E-state index contributed by atoms with van der Waals surface area (Å²) in [6.07, 6.45) is 0. The molecule has 4 heteroatoms. The molecule has 0 radical (unpaired) electrons.